The van der Waals surface area contributed by atoms with Crippen molar-refractivity contribution >= 4 is 34.8 Å². The van der Waals surface area contributed by atoms with Crippen LogP contribution in [0.4, 0.5) is 0 Å². The molecule has 0 N–H and O–H groups in total. The fourth-order valence-electron chi connectivity index (χ4n) is 0.556. The molecule has 0 aromatic heterocycles. The summed E-state index contributed by atoms with van der Waals surface area (Å²) in [5, 5.41) is 0.876. The van der Waals surface area contributed by atoms with E-state index in [1.165, 1.54) is 0 Å². The molecule has 0 aliphatic heterocycles. The first-order valence-corrected chi connectivity index (χ1v) is 4.07. The summed E-state index contributed by atoms with van der Waals surface area (Å²) in [6, 6.07) is 3.12. The molecule has 0 unspecified atom stereocenters. The predicted octanol–water partition coefficient (Wildman–Crippen LogP) is 3.49. The Balaban J connectivity index is 3.25. The topological polar surface area (TPSA) is 9.23 Å². The molecular formula is C6H2Cl3CuO. The van der Waals surface area contributed by atoms with E-state index in [0.717, 1.165) is 0 Å². The molecule has 0 radical (unpaired) electrons. The molecular weight excluding hydrogens is 258 g/mol. The van der Waals surface area contributed by atoms with Crippen LogP contribution in [0.3, 0.4) is 0 Å². The van der Waals surface area contributed by atoms with Gasteiger partial charge in [0, 0.05) is 0 Å². The van der Waals surface area contributed by atoms with Gasteiger partial charge in [0.1, 0.15) is 0 Å². The zero-order chi connectivity index (χ0) is 8.43. The summed E-state index contributed by atoms with van der Waals surface area (Å²) in [6.45, 7) is 0. The van der Waals surface area contributed by atoms with Crippen LogP contribution >= 0.6 is 34.8 Å². The van der Waals surface area contributed by atoms with Crippen LogP contribution in [0.25, 0.3) is 0 Å². The van der Waals surface area contributed by atoms with E-state index in [2.05, 4.69) is 20.2 Å². The van der Waals surface area contributed by atoms with Gasteiger partial charge in [-0.05, 0) is 0 Å². The van der Waals surface area contributed by atoms with Crippen LogP contribution in [0.2, 0.25) is 15.1 Å². The van der Waals surface area contributed by atoms with Crippen LogP contribution in [0.15, 0.2) is 12.1 Å². The number of benzene rings is 1. The molecule has 0 saturated heterocycles. The van der Waals surface area contributed by atoms with Crippen molar-refractivity contribution in [2.45, 2.75) is 0 Å². The third kappa shape index (κ3) is 1.95. The fraction of sp³-hybridized carbons (Fsp3) is 0. The average Bonchev–Trinajstić information content (AvgIpc) is 2.01. The maximum absolute atomic E-state index is 5.69. The Morgan fingerprint density at radius 3 is 2.27 bits per heavy atom. The molecule has 0 heterocycles. The summed E-state index contributed by atoms with van der Waals surface area (Å²) in [6.07, 6.45) is 0. The van der Waals surface area contributed by atoms with Crippen LogP contribution in [0.5, 0.6) is 5.75 Å². The predicted molar refractivity (Wildman–Crippen MR) is 42.1 cm³/mol. The second kappa shape index (κ2) is 3.88. The first kappa shape index (κ1) is 9.50. The van der Waals surface area contributed by atoms with Gasteiger partial charge in [-0.15, -0.1) is 0 Å². The van der Waals surface area contributed by atoms with Gasteiger partial charge in [0.25, 0.3) is 0 Å². The van der Waals surface area contributed by atoms with Crippen molar-refractivity contribution in [2.24, 2.45) is 0 Å². The molecule has 0 spiro atoms. The second-order valence-corrected chi connectivity index (χ2v) is 3.09. The Morgan fingerprint density at radius 2 is 1.73 bits per heavy atom. The van der Waals surface area contributed by atoms with Crippen LogP contribution in [0.1, 0.15) is 0 Å². The van der Waals surface area contributed by atoms with Crippen LogP contribution in [0, 0.1) is 0 Å². The summed E-state index contributed by atoms with van der Waals surface area (Å²) in [5.41, 5.74) is 0. The Kier molecular flexibility index (Phi) is 3.35. The van der Waals surface area contributed by atoms with Crippen molar-refractivity contribution in [2.75, 3.05) is 0 Å². The summed E-state index contributed by atoms with van der Waals surface area (Å²) in [4.78, 5) is 0. The molecule has 0 fully saturated rings. The van der Waals surface area contributed by atoms with E-state index >= 15 is 0 Å². The minimum atomic E-state index is 0.239. The van der Waals surface area contributed by atoms with E-state index in [9.17, 15) is 0 Å². The number of hydrogen-bond donors (Lipinski definition) is 0. The molecule has 0 bridgehead atoms. The number of rotatable bonds is 1. The zero-order valence-electron chi connectivity index (χ0n) is 5.00. The van der Waals surface area contributed by atoms with Gasteiger partial charge in [-0.1, -0.05) is 0 Å². The van der Waals surface area contributed by atoms with E-state index in [-0.39, 0.29) is 10.0 Å². The SMILES string of the molecule is Clc1ccc([O][Cu])c(Cl)c1Cl. The monoisotopic (exact) mass is 258 g/mol. The third-order valence-corrected chi connectivity index (χ3v) is 2.55. The second-order valence-electron chi connectivity index (χ2n) is 1.74. The molecule has 0 aliphatic rings. The van der Waals surface area contributed by atoms with Crippen LogP contribution in [-0.2, 0) is 16.3 Å². The quantitative estimate of drug-likeness (QED) is 0.554. The van der Waals surface area contributed by atoms with Gasteiger partial charge in [-0.2, -0.15) is 0 Å². The van der Waals surface area contributed by atoms with Crippen LogP contribution < -0.4 is 3.82 Å². The molecule has 0 atom stereocenters. The summed E-state index contributed by atoms with van der Waals surface area (Å²) >= 11 is 21.5. The van der Waals surface area contributed by atoms with Crippen LogP contribution in [-0.4, -0.2) is 0 Å². The Bertz CT molecular complexity index is 277. The molecule has 11 heavy (non-hydrogen) atoms. The zero-order valence-corrected chi connectivity index (χ0v) is 8.21. The molecule has 0 aliphatic carbocycles. The molecule has 1 aromatic rings. The maximum atomic E-state index is 5.69. The van der Waals surface area contributed by atoms with Gasteiger partial charge in [0.15, 0.2) is 0 Å². The Hall–Kier alpha value is 0.409. The van der Waals surface area contributed by atoms with Crippen molar-refractivity contribution < 1.29 is 20.2 Å². The van der Waals surface area contributed by atoms with E-state index in [1.807, 2.05) is 0 Å². The summed E-state index contributed by atoms with van der Waals surface area (Å²) < 4.78 is 4.47. The van der Waals surface area contributed by atoms with E-state index in [4.69, 9.17) is 34.8 Å². The third-order valence-electron chi connectivity index (χ3n) is 1.07. The van der Waals surface area contributed by atoms with E-state index in [1.54, 1.807) is 12.1 Å². The normalized spacial score (nSPS) is 9.91. The van der Waals surface area contributed by atoms with Crippen molar-refractivity contribution in [3.63, 3.8) is 0 Å². The van der Waals surface area contributed by atoms with Crippen molar-refractivity contribution in [3.05, 3.63) is 27.2 Å². The fourth-order valence-corrected chi connectivity index (χ4v) is 1.33. The molecule has 1 aromatic carbocycles. The van der Waals surface area contributed by atoms with Gasteiger partial charge < -0.3 is 0 Å². The molecule has 1 nitrogen and oxygen atoms in total. The first-order valence-electron chi connectivity index (χ1n) is 2.55. The van der Waals surface area contributed by atoms with Crippen molar-refractivity contribution in [1.29, 1.82) is 0 Å². The standard InChI is InChI=1S/C6H3Cl3O.Cu/c7-3-1-2-4(10)6(9)5(3)8;/h1-2,10H;/q;+1/p-1. The summed E-state index contributed by atoms with van der Waals surface area (Å²) in [7, 11) is 0. The van der Waals surface area contributed by atoms with Gasteiger partial charge >= 0.3 is 87.9 Å². The van der Waals surface area contributed by atoms with Gasteiger partial charge in [-0.25, -0.2) is 0 Å². The molecule has 64 valence electrons. The van der Waals surface area contributed by atoms with E-state index in [0.29, 0.717) is 10.8 Å². The molecule has 0 saturated carbocycles. The first-order chi connectivity index (χ1) is 5.16. The molecule has 1 rings (SSSR count). The van der Waals surface area contributed by atoms with Gasteiger partial charge in [-0.3, -0.25) is 0 Å². The Morgan fingerprint density at radius 1 is 1.09 bits per heavy atom. The molecule has 5 heteroatoms. The van der Waals surface area contributed by atoms with Crippen molar-refractivity contribution in [3.8, 4) is 5.75 Å². The average molecular weight is 260 g/mol. The van der Waals surface area contributed by atoms with Crippen molar-refractivity contribution in [1.82, 2.24) is 0 Å². The molecule has 0 amide bonds. The van der Waals surface area contributed by atoms with Gasteiger partial charge in [0.05, 0.1) is 0 Å². The number of halogens is 3. The number of hydrogen-bond acceptors (Lipinski definition) is 1. The van der Waals surface area contributed by atoms with E-state index < -0.39 is 0 Å². The van der Waals surface area contributed by atoms with Gasteiger partial charge in [0.2, 0.25) is 0 Å². The minimum absolute atomic E-state index is 0.239. The Labute approximate surface area is 87.7 Å². The summed E-state index contributed by atoms with van der Waals surface area (Å²) in [5.74, 6) is 0.334.